The summed E-state index contributed by atoms with van der Waals surface area (Å²) in [6.07, 6.45) is 0. The van der Waals surface area contributed by atoms with Crippen LogP contribution in [-0.2, 0) is 6.54 Å². The van der Waals surface area contributed by atoms with Gasteiger partial charge in [-0.2, -0.15) is 0 Å². The number of benzene rings is 2. The molecule has 0 N–H and O–H groups in total. The number of likely N-dealkylation sites (N-methyl/N-ethyl adjacent to an activating group) is 1. The van der Waals surface area contributed by atoms with E-state index in [-0.39, 0.29) is 5.78 Å². The van der Waals surface area contributed by atoms with Crippen LogP contribution >= 0.6 is 0 Å². The lowest BCUT2D eigenvalue weighted by Crippen LogP contribution is -2.29. The van der Waals surface area contributed by atoms with Gasteiger partial charge in [0, 0.05) is 12.1 Å². The predicted octanol–water partition coefficient (Wildman–Crippen LogP) is 3.70. The van der Waals surface area contributed by atoms with E-state index in [4.69, 9.17) is 0 Å². The third-order valence-electron chi connectivity index (χ3n) is 3.40. The average Bonchev–Trinajstić information content (AvgIpc) is 2.47. The van der Waals surface area contributed by atoms with Gasteiger partial charge >= 0.3 is 0 Å². The van der Waals surface area contributed by atoms with Crippen molar-refractivity contribution in [2.45, 2.75) is 20.4 Å². The van der Waals surface area contributed by atoms with Crippen LogP contribution in [0, 0.1) is 6.92 Å². The van der Waals surface area contributed by atoms with E-state index in [1.54, 1.807) is 0 Å². The first-order valence-corrected chi connectivity index (χ1v) is 7.05. The molecule has 2 rings (SSSR count). The van der Waals surface area contributed by atoms with E-state index in [1.165, 1.54) is 5.56 Å². The molecule has 0 fully saturated rings. The molecule has 0 aliphatic heterocycles. The molecule has 20 heavy (non-hydrogen) atoms. The van der Waals surface area contributed by atoms with Gasteiger partial charge in [0.2, 0.25) is 0 Å². The maximum Gasteiger partial charge on any atom is 0.176 e. The third-order valence-corrected chi connectivity index (χ3v) is 3.40. The molecule has 0 unspecified atom stereocenters. The molecule has 0 heterocycles. The van der Waals surface area contributed by atoms with Gasteiger partial charge in [-0.15, -0.1) is 0 Å². The van der Waals surface area contributed by atoms with Crippen molar-refractivity contribution in [3.63, 3.8) is 0 Å². The van der Waals surface area contributed by atoms with Crippen LogP contribution in [0.25, 0.3) is 0 Å². The molecule has 0 aromatic heterocycles. The minimum Gasteiger partial charge on any atom is -0.293 e. The second kappa shape index (κ2) is 7.01. The minimum atomic E-state index is 0.187. The lowest BCUT2D eigenvalue weighted by molar-refractivity contribution is 0.0929. The van der Waals surface area contributed by atoms with Crippen LogP contribution in [0.1, 0.15) is 28.4 Å². The zero-order valence-corrected chi connectivity index (χ0v) is 12.2. The summed E-state index contributed by atoms with van der Waals surface area (Å²) in [5.41, 5.74) is 3.17. The normalized spacial score (nSPS) is 10.8. The van der Waals surface area contributed by atoms with Crippen molar-refractivity contribution in [3.05, 3.63) is 71.3 Å². The van der Waals surface area contributed by atoms with Gasteiger partial charge in [-0.05, 0) is 25.1 Å². The summed E-state index contributed by atoms with van der Waals surface area (Å²) in [5.74, 6) is 0.187. The Morgan fingerprint density at radius 2 is 1.80 bits per heavy atom. The van der Waals surface area contributed by atoms with Crippen LogP contribution in [0.15, 0.2) is 54.6 Å². The zero-order valence-electron chi connectivity index (χ0n) is 12.2. The lowest BCUT2D eigenvalue weighted by Gasteiger charge is -2.19. The zero-order chi connectivity index (χ0) is 14.4. The van der Waals surface area contributed by atoms with Crippen molar-refractivity contribution in [1.82, 2.24) is 4.90 Å². The number of aryl methyl sites for hydroxylation is 1. The standard InChI is InChI=1S/C18H21NO/c1-3-19(13-16-9-5-4-6-10-16)14-18(20)17-11-7-8-15(2)12-17/h4-12H,3,13-14H2,1-2H3. The highest BCUT2D eigenvalue weighted by Crippen LogP contribution is 2.08. The highest BCUT2D eigenvalue weighted by atomic mass is 16.1. The van der Waals surface area contributed by atoms with Gasteiger partial charge in [0.15, 0.2) is 5.78 Å². The monoisotopic (exact) mass is 267 g/mol. The quantitative estimate of drug-likeness (QED) is 0.744. The first kappa shape index (κ1) is 14.5. The Morgan fingerprint density at radius 1 is 1.05 bits per heavy atom. The van der Waals surface area contributed by atoms with Crippen molar-refractivity contribution < 1.29 is 4.79 Å². The highest BCUT2D eigenvalue weighted by molar-refractivity contribution is 5.97. The number of Topliss-reactive ketones (excluding diaryl/α,β-unsaturated/α-hetero) is 1. The van der Waals surface area contributed by atoms with Crippen molar-refractivity contribution in [2.24, 2.45) is 0 Å². The number of nitrogens with zero attached hydrogens (tertiary/aromatic N) is 1. The summed E-state index contributed by atoms with van der Waals surface area (Å²) in [4.78, 5) is 14.5. The van der Waals surface area contributed by atoms with Gasteiger partial charge in [-0.25, -0.2) is 0 Å². The molecule has 2 aromatic carbocycles. The van der Waals surface area contributed by atoms with E-state index in [9.17, 15) is 4.79 Å². The molecule has 2 aromatic rings. The molecular formula is C18H21NO. The molecule has 0 spiro atoms. The number of hydrogen-bond donors (Lipinski definition) is 0. The summed E-state index contributed by atoms with van der Waals surface area (Å²) in [7, 11) is 0. The maximum atomic E-state index is 12.3. The summed E-state index contributed by atoms with van der Waals surface area (Å²) >= 11 is 0. The molecule has 0 aliphatic carbocycles. The van der Waals surface area contributed by atoms with Gasteiger partial charge in [0.05, 0.1) is 6.54 Å². The summed E-state index contributed by atoms with van der Waals surface area (Å²) in [6, 6.07) is 18.1. The van der Waals surface area contributed by atoms with Crippen LogP contribution in [-0.4, -0.2) is 23.8 Å². The fraction of sp³-hybridized carbons (Fsp3) is 0.278. The lowest BCUT2D eigenvalue weighted by atomic mass is 10.1. The molecule has 2 nitrogen and oxygen atoms in total. The van der Waals surface area contributed by atoms with E-state index in [0.29, 0.717) is 6.54 Å². The smallest absolute Gasteiger partial charge is 0.176 e. The van der Waals surface area contributed by atoms with E-state index in [1.807, 2.05) is 49.4 Å². The van der Waals surface area contributed by atoms with Crippen molar-refractivity contribution in [1.29, 1.82) is 0 Å². The predicted molar refractivity (Wildman–Crippen MR) is 82.9 cm³/mol. The molecule has 0 radical (unpaired) electrons. The molecule has 0 saturated heterocycles. The molecular weight excluding hydrogens is 246 g/mol. The van der Waals surface area contributed by atoms with Crippen molar-refractivity contribution in [3.8, 4) is 0 Å². The van der Waals surface area contributed by atoms with E-state index < -0.39 is 0 Å². The number of carbonyl (C=O) groups excluding carboxylic acids is 1. The van der Waals surface area contributed by atoms with E-state index >= 15 is 0 Å². The van der Waals surface area contributed by atoms with Crippen LogP contribution in [0.3, 0.4) is 0 Å². The topological polar surface area (TPSA) is 20.3 Å². The first-order valence-electron chi connectivity index (χ1n) is 7.05. The second-order valence-corrected chi connectivity index (χ2v) is 5.08. The van der Waals surface area contributed by atoms with E-state index in [2.05, 4.69) is 24.0 Å². The molecule has 0 aliphatic rings. The Kier molecular flexibility index (Phi) is 5.08. The van der Waals surface area contributed by atoms with Crippen LogP contribution in [0.2, 0.25) is 0 Å². The minimum absolute atomic E-state index is 0.187. The largest absolute Gasteiger partial charge is 0.293 e. The fourth-order valence-electron chi connectivity index (χ4n) is 2.23. The Balaban J connectivity index is 2.01. The van der Waals surface area contributed by atoms with Gasteiger partial charge in [0.25, 0.3) is 0 Å². The maximum absolute atomic E-state index is 12.3. The number of hydrogen-bond acceptors (Lipinski definition) is 2. The second-order valence-electron chi connectivity index (χ2n) is 5.08. The SMILES string of the molecule is CCN(CC(=O)c1cccc(C)c1)Cc1ccccc1. The molecule has 2 heteroatoms. The van der Waals surface area contributed by atoms with Gasteiger partial charge in [-0.3, -0.25) is 9.69 Å². The van der Waals surface area contributed by atoms with Gasteiger partial charge in [-0.1, -0.05) is 61.0 Å². The average molecular weight is 267 g/mol. The first-order chi connectivity index (χ1) is 9.69. The van der Waals surface area contributed by atoms with Crippen LogP contribution in [0.4, 0.5) is 0 Å². The van der Waals surface area contributed by atoms with Crippen LogP contribution < -0.4 is 0 Å². The summed E-state index contributed by atoms with van der Waals surface area (Å²) in [6.45, 7) is 6.25. The third kappa shape index (κ3) is 4.04. The Bertz CT molecular complexity index is 563. The number of rotatable bonds is 6. The molecule has 0 atom stereocenters. The molecule has 0 bridgehead atoms. The number of carbonyl (C=O) groups is 1. The molecule has 0 saturated carbocycles. The Labute approximate surface area is 121 Å². The summed E-state index contributed by atoms with van der Waals surface area (Å²) in [5, 5.41) is 0. The Morgan fingerprint density at radius 3 is 2.45 bits per heavy atom. The highest BCUT2D eigenvalue weighted by Gasteiger charge is 2.11. The van der Waals surface area contributed by atoms with E-state index in [0.717, 1.165) is 24.2 Å². The molecule has 104 valence electrons. The fourth-order valence-corrected chi connectivity index (χ4v) is 2.23. The summed E-state index contributed by atoms with van der Waals surface area (Å²) < 4.78 is 0. The van der Waals surface area contributed by atoms with Gasteiger partial charge in [0.1, 0.15) is 0 Å². The number of ketones is 1. The molecule has 0 amide bonds. The Hall–Kier alpha value is -1.93. The van der Waals surface area contributed by atoms with Crippen molar-refractivity contribution in [2.75, 3.05) is 13.1 Å². The van der Waals surface area contributed by atoms with Gasteiger partial charge < -0.3 is 0 Å². The van der Waals surface area contributed by atoms with Crippen LogP contribution in [0.5, 0.6) is 0 Å². The van der Waals surface area contributed by atoms with Crippen molar-refractivity contribution >= 4 is 5.78 Å².